The first-order valence-electron chi connectivity index (χ1n) is 7.70. The molecule has 1 aliphatic rings. The first kappa shape index (κ1) is 16.1. The van der Waals surface area contributed by atoms with Gasteiger partial charge in [-0.05, 0) is 37.3 Å². The Kier molecular flexibility index (Phi) is 4.72. The fourth-order valence-corrected chi connectivity index (χ4v) is 3.81. The van der Waals surface area contributed by atoms with Gasteiger partial charge in [0.05, 0.1) is 6.26 Å². The number of hydrogen-bond acceptors (Lipinski definition) is 6. The number of sulfonamides is 1. The number of aromatic nitrogens is 3. The minimum Gasteiger partial charge on any atom is -0.334 e. The highest BCUT2D eigenvalue weighted by molar-refractivity contribution is 7.88. The van der Waals surface area contributed by atoms with Gasteiger partial charge < -0.3 is 4.52 Å². The van der Waals surface area contributed by atoms with Crippen molar-refractivity contribution in [2.45, 2.75) is 25.7 Å². The van der Waals surface area contributed by atoms with E-state index < -0.39 is 10.0 Å². The molecule has 3 heterocycles. The minimum absolute atomic E-state index is 0.348. The van der Waals surface area contributed by atoms with E-state index in [1.807, 2.05) is 12.1 Å². The van der Waals surface area contributed by atoms with E-state index in [4.69, 9.17) is 4.52 Å². The lowest BCUT2D eigenvalue weighted by Gasteiger charge is -2.30. The largest absolute Gasteiger partial charge is 0.334 e. The van der Waals surface area contributed by atoms with E-state index >= 15 is 0 Å². The summed E-state index contributed by atoms with van der Waals surface area (Å²) in [6.45, 7) is 1.22. The first-order chi connectivity index (χ1) is 11.0. The second kappa shape index (κ2) is 6.76. The van der Waals surface area contributed by atoms with Gasteiger partial charge in [0.25, 0.3) is 5.89 Å². The Labute approximate surface area is 135 Å². The van der Waals surface area contributed by atoms with Gasteiger partial charge in [-0.2, -0.15) is 4.98 Å². The minimum atomic E-state index is -3.10. The van der Waals surface area contributed by atoms with Gasteiger partial charge >= 0.3 is 0 Å². The molecule has 1 unspecified atom stereocenters. The van der Waals surface area contributed by atoms with Crippen molar-refractivity contribution in [3.05, 3.63) is 30.4 Å². The monoisotopic (exact) mass is 336 g/mol. The van der Waals surface area contributed by atoms with Crippen LogP contribution in [0, 0.1) is 5.92 Å². The predicted octanol–water partition coefficient (Wildman–Crippen LogP) is 1.74. The molecule has 0 bridgehead atoms. The third kappa shape index (κ3) is 4.14. The van der Waals surface area contributed by atoms with Crippen LogP contribution in [0.1, 0.15) is 25.1 Å². The molecule has 0 aliphatic carbocycles. The van der Waals surface area contributed by atoms with E-state index in [1.165, 1.54) is 6.26 Å². The lowest BCUT2D eigenvalue weighted by molar-refractivity contribution is 0.256. The van der Waals surface area contributed by atoms with Crippen LogP contribution >= 0.6 is 0 Å². The smallest absolute Gasteiger partial charge is 0.258 e. The second-order valence-corrected chi connectivity index (χ2v) is 7.90. The average molecular weight is 336 g/mol. The van der Waals surface area contributed by atoms with Gasteiger partial charge in [0.2, 0.25) is 10.0 Å². The topological polar surface area (TPSA) is 89.2 Å². The van der Waals surface area contributed by atoms with Gasteiger partial charge in [0, 0.05) is 37.5 Å². The van der Waals surface area contributed by atoms with Gasteiger partial charge in [-0.15, -0.1) is 0 Å². The standard InChI is InChI=1S/C15H20N4O3S/c1-23(20,21)19-10-2-3-12(11-19)4-5-14-17-15(22-18-14)13-6-8-16-9-7-13/h6-9,12H,2-5,10-11H2,1H3. The Hall–Kier alpha value is -1.80. The summed E-state index contributed by atoms with van der Waals surface area (Å²) < 4.78 is 30.1. The molecule has 7 nitrogen and oxygen atoms in total. The third-order valence-electron chi connectivity index (χ3n) is 4.12. The van der Waals surface area contributed by atoms with E-state index in [0.717, 1.165) is 24.8 Å². The maximum absolute atomic E-state index is 11.6. The maximum atomic E-state index is 11.6. The van der Waals surface area contributed by atoms with Gasteiger partial charge in [-0.25, -0.2) is 12.7 Å². The molecule has 0 radical (unpaired) electrons. The van der Waals surface area contributed by atoms with Crippen molar-refractivity contribution < 1.29 is 12.9 Å². The van der Waals surface area contributed by atoms with Crippen LogP contribution in [0.3, 0.4) is 0 Å². The summed E-state index contributed by atoms with van der Waals surface area (Å²) in [4.78, 5) is 8.35. The van der Waals surface area contributed by atoms with E-state index in [0.29, 0.717) is 37.1 Å². The quantitative estimate of drug-likeness (QED) is 0.826. The summed E-state index contributed by atoms with van der Waals surface area (Å²) in [6.07, 6.45) is 8.14. The summed E-state index contributed by atoms with van der Waals surface area (Å²) in [7, 11) is -3.10. The molecule has 23 heavy (non-hydrogen) atoms. The number of aryl methyl sites for hydroxylation is 1. The molecule has 1 aliphatic heterocycles. The molecular formula is C15H20N4O3S. The summed E-state index contributed by atoms with van der Waals surface area (Å²) >= 11 is 0. The molecular weight excluding hydrogens is 316 g/mol. The van der Waals surface area contributed by atoms with Crippen LogP contribution in [-0.2, 0) is 16.4 Å². The Balaban J connectivity index is 1.58. The van der Waals surface area contributed by atoms with Crippen LogP contribution in [0.4, 0.5) is 0 Å². The van der Waals surface area contributed by atoms with Crippen molar-refractivity contribution in [3.8, 4) is 11.5 Å². The average Bonchev–Trinajstić information content (AvgIpc) is 3.02. The number of nitrogens with zero attached hydrogens (tertiary/aromatic N) is 4. The molecule has 0 aromatic carbocycles. The first-order valence-corrected chi connectivity index (χ1v) is 9.55. The van der Waals surface area contributed by atoms with Crippen LogP contribution in [0.2, 0.25) is 0 Å². The van der Waals surface area contributed by atoms with Gasteiger partial charge in [-0.1, -0.05) is 5.16 Å². The highest BCUT2D eigenvalue weighted by Gasteiger charge is 2.26. The number of rotatable bonds is 5. The highest BCUT2D eigenvalue weighted by atomic mass is 32.2. The fraction of sp³-hybridized carbons (Fsp3) is 0.533. The van der Waals surface area contributed by atoms with Crippen LogP contribution in [0.25, 0.3) is 11.5 Å². The lowest BCUT2D eigenvalue weighted by atomic mass is 9.94. The molecule has 0 N–H and O–H groups in total. The van der Waals surface area contributed by atoms with E-state index in [9.17, 15) is 8.42 Å². The maximum Gasteiger partial charge on any atom is 0.258 e. The van der Waals surface area contributed by atoms with Crippen LogP contribution in [0.5, 0.6) is 0 Å². The Bertz CT molecular complexity index is 745. The zero-order chi connectivity index (χ0) is 16.3. The van der Waals surface area contributed by atoms with Crippen molar-refractivity contribution >= 4 is 10.0 Å². The molecule has 0 spiro atoms. The summed E-state index contributed by atoms with van der Waals surface area (Å²) in [6, 6.07) is 3.64. The normalized spacial score (nSPS) is 19.8. The molecule has 8 heteroatoms. The molecule has 0 amide bonds. The zero-order valence-corrected chi connectivity index (χ0v) is 13.9. The molecule has 3 rings (SSSR count). The van der Waals surface area contributed by atoms with Crippen molar-refractivity contribution in [2.24, 2.45) is 5.92 Å². The second-order valence-electron chi connectivity index (χ2n) is 5.92. The summed E-state index contributed by atoms with van der Waals surface area (Å²) in [5, 5.41) is 4.01. The van der Waals surface area contributed by atoms with E-state index in [1.54, 1.807) is 16.7 Å². The third-order valence-corrected chi connectivity index (χ3v) is 5.39. The SMILES string of the molecule is CS(=O)(=O)N1CCCC(CCc2noc(-c3ccncc3)n2)C1. The van der Waals surface area contributed by atoms with Gasteiger partial charge in [0.15, 0.2) is 5.82 Å². The molecule has 2 aromatic heterocycles. The molecule has 124 valence electrons. The van der Waals surface area contributed by atoms with Crippen molar-refractivity contribution in [2.75, 3.05) is 19.3 Å². The lowest BCUT2D eigenvalue weighted by Crippen LogP contribution is -2.39. The summed E-state index contributed by atoms with van der Waals surface area (Å²) in [5.41, 5.74) is 0.847. The molecule has 1 atom stereocenters. The molecule has 2 aromatic rings. The van der Waals surface area contributed by atoms with Crippen molar-refractivity contribution in [3.63, 3.8) is 0 Å². The highest BCUT2D eigenvalue weighted by Crippen LogP contribution is 2.23. The number of pyridine rings is 1. The van der Waals surface area contributed by atoms with E-state index in [-0.39, 0.29) is 0 Å². The molecule has 0 saturated carbocycles. The number of hydrogen-bond donors (Lipinski definition) is 0. The van der Waals surface area contributed by atoms with Crippen molar-refractivity contribution in [1.29, 1.82) is 0 Å². The Morgan fingerprint density at radius 1 is 1.35 bits per heavy atom. The van der Waals surface area contributed by atoms with Crippen LogP contribution < -0.4 is 0 Å². The van der Waals surface area contributed by atoms with Crippen LogP contribution in [0.15, 0.2) is 29.0 Å². The van der Waals surface area contributed by atoms with Crippen LogP contribution in [-0.4, -0.2) is 47.2 Å². The molecule has 1 saturated heterocycles. The summed E-state index contributed by atoms with van der Waals surface area (Å²) in [5.74, 6) is 1.50. The predicted molar refractivity (Wildman–Crippen MR) is 85.0 cm³/mol. The number of piperidine rings is 1. The zero-order valence-electron chi connectivity index (χ0n) is 13.1. The van der Waals surface area contributed by atoms with Gasteiger partial charge in [0.1, 0.15) is 0 Å². The Morgan fingerprint density at radius 3 is 2.87 bits per heavy atom. The Morgan fingerprint density at radius 2 is 2.13 bits per heavy atom. The van der Waals surface area contributed by atoms with Crippen molar-refractivity contribution in [1.82, 2.24) is 19.4 Å². The molecule has 1 fully saturated rings. The fourth-order valence-electron chi connectivity index (χ4n) is 2.86. The van der Waals surface area contributed by atoms with Gasteiger partial charge in [-0.3, -0.25) is 4.98 Å². The van der Waals surface area contributed by atoms with E-state index in [2.05, 4.69) is 15.1 Å².